The quantitative estimate of drug-likeness (QED) is 0.660. The summed E-state index contributed by atoms with van der Waals surface area (Å²) in [5.41, 5.74) is -0.169. The lowest BCUT2D eigenvalue weighted by Gasteiger charge is -2.39. The standard InChI is InChI=1S/C10H18O3/c1-7(11)5-9-12-8(2)6-10(3,4)13-9/h8-9H,5-6H2,1-4H3. The normalized spacial score (nSPS) is 32.9. The van der Waals surface area contributed by atoms with Crippen LogP contribution in [0.15, 0.2) is 0 Å². The minimum Gasteiger partial charge on any atom is -0.349 e. The molecule has 3 nitrogen and oxygen atoms in total. The number of hydrogen-bond donors (Lipinski definition) is 0. The van der Waals surface area contributed by atoms with Crippen molar-refractivity contribution in [3.8, 4) is 0 Å². The number of ketones is 1. The van der Waals surface area contributed by atoms with Crippen LogP contribution in [-0.2, 0) is 14.3 Å². The molecule has 1 heterocycles. The Morgan fingerprint density at radius 3 is 2.62 bits per heavy atom. The van der Waals surface area contributed by atoms with Crippen molar-refractivity contribution < 1.29 is 14.3 Å². The highest BCUT2D eigenvalue weighted by Gasteiger charge is 2.33. The molecule has 1 rings (SSSR count). The van der Waals surface area contributed by atoms with Crippen molar-refractivity contribution in [1.29, 1.82) is 0 Å². The zero-order chi connectivity index (χ0) is 10.1. The fourth-order valence-electron chi connectivity index (χ4n) is 1.76. The van der Waals surface area contributed by atoms with Gasteiger partial charge in [-0.15, -0.1) is 0 Å². The Kier molecular flexibility index (Phi) is 3.09. The molecule has 0 aromatic carbocycles. The average molecular weight is 186 g/mol. The Morgan fingerprint density at radius 1 is 1.54 bits per heavy atom. The summed E-state index contributed by atoms with van der Waals surface area (Å²) in [5, 5.41) is 0. The van der Waals surface area contributed by atoms with Crippen LogP contribution in [0.3, 0.4) is 0 Å². The van der Waals surface area contributed by atoms with E-state index in [0.29, 0.717) is 6.42 Å². The zero-order valence-corrected chi connectivity index (χ0v) is 8.79. The van der Waals surface area contributed by atoms with E-state index < -0.39 is 0 Å². The summed E-state index contributed by atoms with van der Waals surface area (Å²) >= 11 is 0. The SMILES string of the molecule is CC(=O)CC1OC(C)CC(C)(C)O1. The molecule has 0 aromatic rings. The predicted octanol–water partition coefficient (Wildman–Crippen LogP) is 1.90. The van der Waals surface area contributed by atoms with Gasteiger partial charge in [0.25, 0.3) is 0 Å². The molecule has 13 heavy (non-hydrogen) atoms. The minimum absolute atomic E-state index is 0.106. The molecule has 76 valence electrons. The minimum atomic E-state index is -0.351. The highest BCUT2D eigenvalue weighted by Crippen LogP contribution is 2.28. The van der Waals surface area contributed by atoms with Crippen molar-refractivity contribution in [1.82, 2.24) is 0 Å². The first kappa shape index (κ1) is 10.7. The summed E-state index contributed by atoms with van der Waals surface area (Å²) in [6.45, 7) is 7.62. The lowest BCUT2D eigenvalue weighted by atomic mass is 10.00. The van der Waals surface area contributed by atoms with E-state index in [0.717, 1.165) is 6.42 Å². The first-order chi connectivity index (χ1) is 5.89. The molecule has 2 unspecified atom stereocenters. The lowest BCUT2D eigenvalue weighted by molar-refractivity contribution is -0.267. The summed E-state index contributed by atoms with van der Waals surface area (Å²) in [5.74, 6) is 0.106. The second kappa shape index (κ2) is 3.76. The Morgan fingerprint density at radius 2 is 2.15 bits per heavy atom. The van der Waals surface area contributed by atoms with Crippen LogP contribution >= 0.6 is 0 Å². The second-order valence-electron chi connectivity index (χ2n) is 4.36. The molecule has 0 N–H and O–H groups in total. The molecule has 0 aliphatic carbocycles. The van der Waals surface area contributed by atoms with Crippen LogP contribution in [0.4, 0.5) is 0 Å². The van der Waals surface area contributed by atoms with E-state index in [4.69, 9.17) is 9.47 Å². The van der Waals surface area contributed by atoms with Gasteiger partial charge in [-0.1, -0.05) is 0 Å². The predicted molar refractivity (Wildman–Crippen MR) is 49.4 cm³/mol. The Balaban J connectivity index is 2.52. The van der Waals surface area contributed by atoms with Gasteiger partial charge in [0.15, 0.2) is 6.29 Å². The zero-order valence-electron chi connectivity index (χ0n) is 8.79. The Bertz CT molecular complexity index is 198. The third-order valence-electron chi connectivity index (χ3n) is 2.07. The van der Waals surface area contributed by atoms with Crippen LogP contribution < -0.4 is 0 Å². The lowest BCUT2D eigenvalue weighted by Crippen LogP contribution is -2.43. The first-order valence-electron chi connectivity index (χ1n) is 4.72. The van der Waals surface area contributed by atoms with Crippen LogP contribution in [0.25, 0.3) is 0 Å². The summed E-state index contributed by atoms with van der Waals surface area (Å²) in [6, 6.07) is 0. The van der Waals surface area contributed by atoms with Gasteiger partial charge < -0.3 is 9.47 Å². The summed E-state index contributed by atoms with van der Waals surface area (Å²) in [6.07, 6.45) is 1.05. The summed E-state index contributed by atoms with van der Waals surface area (Å²) < 4.78 is 11.1. The van der Waals surface area contributed by atoms with E-state index >= 15 is 0 Å². The highest BCUT2D eigenvalue weighted by atomic mass is 16.7. The number of ether oxygens (including phenoxy) is 2. The van der Waals surface area contributed by atoms with Gasteiger partial charge in [-0.3, -0.25) is 4.79 Å². The van der Waals surface area contributed by atoms with Crippen molar-refractivity contribution in [3.05, 3.63) is 0 Å². The molecule has 1 aliphatic heterocycles. The van der Waals surface area contributed by atoms with Crippen LogP contribution in [0.1, 0.15) is 40.5 Å². The van der Waals surface area contributed by atoms with Crippen molar-refractivity contribution >= 4 is 5.78 Å². The van der Waals surface area contributed by atoms with E-state index in [1.165, 1.54) is 0 Å². The largest absolute Gasteiger partial charge is 0.349 e. The van der Waals surface area contributed by atoms with E-state index in [2.05, 4.69) is 0 Å². The number of Topliss-reactive ketones (excluding diaryl/α,β-unsaturated/α-hetero) is 1. The first-order valence-corrected chi connectivity index (χ1v) is 4.72. The summed E-state index contributed by atoms with van der Waals surface area (Å²) in [4.78, 5) is 10.9. The fourth-order valence-corrected chi connectivity index (χ4v) is 1.76. The fraction of sp³-hybridized carbons (Fsp3) is 0.900. The third kappa shape index (κ3) is 3.44. The molecule has 0 amide bonds. The van der Waals surface area contributed by atoms with E-state index in [-0.39, 0.29) is 23.8 Å². The molecule has 0 saturated carbocycles. The van der Waals surface area contributed by atoms with Crippen molar-refractivity contribution in [2.75, 3.05) is 0 Å². The van der Waals surface area contributed by atoms with Gasteiger partial charge in [0, 0.05) is 6.42 Å². The van der Waals surface area contributed by atoms with Gasteiger partial charge >= 0.3 is 0 Å². The van der Waals surface area contributed by atoms with Gasteiger partial charge in [-0.2, -0.15) is 0 Å². The van der Waals surface area contributed by atoms with Crippen molar-refractivity contribution in [3.63, 3.8) is 0 Å². The van der Waals surface area contributed by atoms with Crippen LogP contribution in [0, 0.1) is 0 Å². The van der Waals surface area contributed by atoms with Gasteiger partial charge in [-0.25, -0.2) is 0 Å². The topological polar surface area (TPSA) is 35.5 Å². The summed E-state index contributed by atoms with van der Waals surface area (Å²) in [7, 11) is 0. The molecule has 1 aliphatic rings. The van der Waals surface area contributed by atoms with Crippen molar-refractivity contribution in [2.45, 2.75) is 58.5 Å². The van der Waals surface area contributed by atoms with E-state index in [1.54, 1.807) is 6.92 Å². The van der Waals surface area contributed by atoms with E-state index in [1.807, 2.05) is 20.8 Å². The molecule has 1 fully saturated rings. The molecular formula is C10H18O3. The average Bonchev–Trinajstić information content (AvgIpc) is 1.78. The molecule has 0 aromatic heterocycles. The van der Waals surface area contributed by atoms with Gasteiger partial charge in [0.2, 0.25) is 0 Å². The van der Waals surface area contributed by atoms with E-state index in [9.17, 15) is 4.79 Å². The molecule has 0 radical (unpaired) electrons. The van der Waals surface area contributed by atoms with Crippen LogP contribution in [0.5, 0.6) is 0 Å². The Labute approximate surface area is 79.4 Å². The van der Waals surface area contributed by atoms with Gasteiger partial charge in [0.1, 0.15) is 5.78 Å². The van der Waals surface area contributed by atoms with Gasteiger partial charge in [-0.05, 0) is 27.7 Å². The Hall–Kier alpha value is -0.410. The number of carbonyl (C=O) groups excluding carboxylic acids is 1. The van der Waals surface area contributed by atoms with Crippen molar-refractivity contribution in [2.24, 2.45) is 0 Å². The monoisotopic (exact) mass is 186 g/mol. The molecule has 0 spiro atoms. The maximum Gasteiger partial charge on any atom is 0.165 e. The van der Waals surface area contributed by atoms with Crippen LogP contribution in [-0.4, -0.2) is 23.8 Å². The molecule has 2 atom stereocenters. The second-order valence-corrected chi connectivity index (χ2v) is 4.36. The van der Waals surface area contributed by atoms with Crippen LogP contribution in [0.2, 0.25) is 0 Å². The number of rotatable bonds is 2. The maximum absolute atomic E-state index is 10.9. The maximum atomic E-state index is 10.9. The smallest absolute Gasteiger partial charge is 0.165 e. The molecule has 1 saturated heterocycles. The highest BCUT2D eigenvalue weighted by molar-refractivity contribution is 5.75. The van der Waals surface area contributed by atoms with Gasteiger partial charge in [0.05, 0.1) is 18.1 Å². The third-order valence-corrected chi connectivity index (χ3v) is 2.07. The molecular weight excluding hydrogens is 168 g/mol. The molecule has 0 bridgehead atoms. The number of carbonyl (C=O) groups is 1. The molecule has 3 heteroatoms. The number of hydrogen-bond acceptors (Lipinski definition) is 3.